The van der Waals surface area contributed by atoms with Gasteiger partial charge in [0, 0.05) is 45.6 Å². The number of hydrogen-bond donors (Lipinski definition) is 4. The van der Waals surface area contributed by atoms with Crippen LogP contribution < -0.4 is 21.3 Å². The van der Waals surface area contributed by atoms with Crippen LogP contribution in [0.15, 0.2) is 48.5 Å². The first-order valence-corrected chi connectivity index (χ1v) is 12.5. The molecule has 5 N–H and O–H groups in total. The summed E-state index contributed by atoms with van der Waals surface area (Å²) in [5, 5.41) is 12.2. The highest BCUT2D eigenvalue weighted by Crippen LogP contribution is 2.49. The van der Waals surface area contributed by atoms with Gasteiger partial charge in [0.15, 0.2) is 0 Å². The maximum Gasteiger partial charge on any atom is 0.416 e. The molecule has 14 heteroatoms. The smallest absolute Gasteiger partial charge is 0.382 e. The van der Waals surface area contributed by atoms with Gasteiger partial charge in [-0.15, -0.1) is 0 Å². The fourth-order valence-electron chi connectivity index (χ4n) is 5.26. The van der Waals surface area contributed by atoms with E-state index in [0.29, 0.717) is 46.6 Å². The molecule has 8 nitrogen and oxygen atoms in total. The number of anilines is 3. The van der Waals surface area contributed by atoms with Crippen molar-refractivity contribution in [1.82, 2.24) is 15.5 Å². The summed E-state index contributed by atoms with van der Waals surface area (Å²) in [6, 6.07) is 6.62. The number of benzene rings is 3. The Morgan fingerprint density at radius 1 is 1.10 bits per heavy atom. The zero-order chi connectivity index (χ0) is 29.2. The van der Waals surface area contributed by atoms with E-state index in [1.165, 1.54) is 11.0 Å². The number of aromatic nitrogens is 2. The predicted molar refractivity (Wildman–Crippen MR) is 141 cm³/mol. The van der Waals surface area contributed by atoms with E-state index in [1.54, 1.807) is 12.1 Å². The van der Waals surface area contributed by atoms with Crippen LogP contribution in [0.4, 0.5) is 43.9 Å². The number of carbonyl (C=O) groups is 2. The quantitative estimate of drug-likeness (QED) is 0.218. The molecule has 0 saturated heterocycles. The third-order valence-electron chi connectivity index (χ3n) is 6.99. The molecule has 2 aliphatic heterocycles. The van der Waals surface area contributed by atoms with Crippen LogP contribution in [-0.2, 0) is 12.6 Å². The lowest BCUT2D eigenvalue weighted by molar-refractivity contribution is -0.137. The number of hydrogen-bond acceptors (Lipinski definition) is 4. The van der Waals surface area contributed by atoms with Crippen LogP contribution in [0.25, 0.3) is 11.3 Å². The van der Waals surface area contributed by atoms with Crippen LogP contribution in [0.5, 0.6) is 0 Å². The summed E-state index contributed by atoms with van der Waals surface area (Å²) < 4.78 is 68.5. The summed E-state index contributed by atoms with van der Waals surface area (Å²) in [6.07, 6.45) is -4.49. The molecule has 0 bridgehead atoms. The topological polar surface area (TPSA) is 116 Å². The number of nitrogen functional groups attached to an aromatic ring is 1. The molecule has 0 fully saturated rings. The average molecular weight is 589 g/mol. The van der Waals surface area contributed by atoms with Gasteiger partial charge in [0.05, 0.1) is 23.0 Å². The van der Waals surface area contributed by atoms with Gasteiger partial charge in [0.1, 0.15) is 17.5 Å². The van der Waals surface area contributed by atoms with Crippen molar-refractivity contribution >= 4 is 40.7 Å². The Labute approximate surface area is 233 Å². The second-order valence-corrected chi connectivity index (χ2v) is 9.96. The molecule has 6 rings (SSSR count). The Morgan fingerprint density at radius 2 is 1.88 bits per heavy atom. The van der Waals surface area contributed by atoms with Gasteiger partial charge in [-0.05, 0) is 54.4 Å². The van der Waals surface area contributed by atoms with Crippen molar-refractivity contribution in [3.05, 3.63) is 93.0 Å². The lowest BCUT2D eigenvalue weighted by Gasteiger charge is -2.35. The molecule has 1 unspecified atom stereocenters. The molecule has 0 spiro atoms. The lowest BCUT2D eigenvalue weighted by Crippen LogP contribution is -2.46. The molecule has 0 radical (unpaired) electrons. The van der Waals surface area contributed by atoms with Gasteiger partial charge < -0.3 is 16.4 Å². The summed E-state index contributed by atoms with van der Waals surface area (Å²) in [4.78, 5) is 27.9. The van der Waals surface area contributed by atoms with Gasteiger partial charge in [-0.2, -0.15) is 18.3 Å². The molecule has 3 heterocycles. The first kappa shape index (κ1) is 26.6. The third kappa shape index (κ3) is 4.61. The van der Waals surface area contributed by atoms with Gasteiger partial charge in [-0.25, -0.2) is 13.6 Å². The van der Waals surface area contributed by atoms with Crippen molar-refractivity contribution in [2.45, 2.75) is 18.6 Å². The summed E-state index contributed by atoms with van der Waals surface area (Å²) in [5.41, 5.74) is 6.52. The van der Waals surface area contributed by atoms with E-state index < -0.39 is 46.9 Å². The number of nitrogens with two attached hydrogens (primary N) is 1. The van der Waals surface area contributed by atoms with Crippen molar-refractivity contribution in [2.24, 2.45) is 0 Å². The Hall–Kier alpha value is -4.65. The number of carbonyl (C=O) groups excluding carboxylic acids is 2. The zero-order valence-corrected chi connectivity index (χ0v) is 21.4. The SMILES string of the molecule is Nc1cc(-c2cc(NC(=O)c3cc(F)cc(C(F)(F)F)c3)c3c4c2CCN4C(=O)NC3c2cc(F)ccc2Cl)[nH]n1. The molecule has 41 heavy (non-hydrogen) atoms. The van der Waals surface area contributed by atoms with Crippen LogP contribution in [0.2, 0.25) is 5.02 Å². The molecular formula is C27H18ClF5N6O2. The third-order valence-corrected chi connectivity index (χ3v) is 7.34. The van der Waals surface area contributed by atoms with Gasteiger partial charge in [0.25, 0.3) is 5.91 Å². The zero-order valence-electron chi connectivity index (χ0n) is 20.7. The number of H-pyrrole nitrogens is 1. The van der Waals surface area contributed by atoms with E-state index in [1.807, 2.05) is 0 Å². The minimum atomic E-state index is -4.89. The largest absolute Gasteiger partial charge is 0.416 e. The van der Waals surface area contributed by atoms with Gasteiger partial charge in [-0.3, -0.25) is 14.8 Å². The van der Waals surface area contributed by atoms with Crippen molar-refractivity contribution < 1.29 is 31.5 Å². The predicted octanol–water partition coefficient (Wildman–Crippen LogP) is 6.04. The second kappa shape index (κ2) is 9.47. The minimum Gasteiger partial charge on any atom is -0.382 e. The van der Waals surface area contributed by atoms with Crippen LogP contribution in [0.1, 0.15) is 38.7 Å². The van der Waals surface area contributed by atoms with E-state index in [2.05, 4.69) is 20.8 Å². The molecule has 0 aliphatic carbocycles. The summed E-state index contributed by atoms with van der Waals surface area (Å²) in [5.74, 6) is -2.76. The number of aromatic amines is 1. The Morgan fingerprint density at radius 3 is 2.59 bits per heavy atom. The molecule has 3 amide bonds. The van der Waals surface area contributed by atoms with E-state index in [-0.39, 0.29) is 34.7 Å². The van der Waals surface area contributed by atoms with Crippen molar-refractivity contribution in [2.75, 3.05) is 22.5 Å². The van der Waals surface area contributed by atoms with Crippen molar-refractivity contribution in [3.8, 4) is 11.3 Å². The first-order valence-electron chi connectivity index (χ1n) is 12.1. The highest BCUT2D eigenvalue weighted by Gasteiger charge is 2.41. The molecule has 4 aromatic rings. The van der Waals surface area contributed by atoms with Crippen LogP contribution in [-0.4, -0.2) is 28.7 Å². The lowest BCUT2D eigenvalue weighted by atomic mass is 9.88. The van der Waals surface area contributed by atoms with Crippen molar-refractivity contribution in [3.63, 3.8) is 0 Å². The van der Waals surface area contributed by atoms with Crippen LogP contribution >= 0.6 is 11.6 Å². The summed E-state index contributed by atoms with van der Waals surface area (Å²) in [7, 11) is 0. The van der Waals surface area contributed by atoms with E-state index in [9.17, 15) is 31.5 Å². The molecule has 1 atom stereocenters. The molecule has 2 aliphatic rings. The van der Waals surface area contributed by atoms with Gasteiger partial charge >= 0.3 is 12.2 Å². The fourth-order valence-corrected chi connectivity index (χ4v) is 5.49. The molecule has 3 aromatic carbocycles. The fraction of sp³-hybridized carbons (Fsp3) is 0.148. The highest BCUT2D eigenvalue weighted by molar-refractivity contribution is 6.31. The molecule has 1 aromatic heterocycles. The summed E-state index contributed by atoms with van der Waals surface area (Å²) >= 11 is 6.40. The number of urea groups is 1. The van der Waals surface area contributed by atoms with Crippen LogP contribution in [0.3, 0.4) is 0 Å². The van der Waals surface area contributed by atoms with E-state index in [4.69, 9.17) is 17.3 Å². The maximum absolute atomic E-state index is 14.3. The monoisotopic (exact) mass is 588 g/mol. The standard InChI is InChI=1S/C27H18ClF5N6O2/c28-18-2-1-13(29)8-17(18)23-22-20(35-25(40)11-5-12(27(31,32)33)7-14(30)6-11)9-16(19-10-21(34)38-37-19)15-3-4-39(24(15)22)26(41)36-23/h1-2,5-10,23H,3-4H2,(H,35,40)(H,36,41)(H3,34,37,38). The van der Waals surface area contributed by atoms with E-state index >= 15 is 0 Å². The van der Waals surface area contributed by atoms with Gasteiger partial charge in [0.2, 0.25) is 0 Å². The van der Waals surface area contributed by atoms with Crippen LogP contribution in [0, 0.1) is 11.6 Å². The Balaban J connectivity index is 1.56. The first-order chi connectivity index (χ1) is 19.4. The summed E-state index contributed by atoms with van der Waals surface area (Å²) in [6.45, 7) is 0.268. The number of halogens is 6. The van der Waals surface area contributed by atoms with E-state index in [0.717, 1.165) is 12.1 Å². The van der Waals surface area contributed by atoms with Crippen molar-refractivity contribution in [1.29, 1.82) is 0 Å². The average Bonchev–Trinajstić information content (AvgIpc) is 3.55. The number of nitrogens with zero attached hydrogens (tertiary/aromatic N) is 2. The number of rotatable bonds is 4. The number of nitrogens with one attached hydrogen (secondary N) is 3. The van der Waals surface area contributed by atoms with Gasteiger partial charge in [-0.1, -0.05) is 11.6 Å². The second-order valence-electron chi connectivity index (χ2n) is 9.55. The maximum atomic E-state index is 14.3. The minimum absolute atomic E-state index is 0.0620. The molecular weight excluding hydrogens is 571 g/mol. The highest BCUT2D eigenvalue weighted by atomic mass is 35.5. The Kier molecular flexibility index (Phi) is 6.14. The number of alkyl halides is 3. The number of amides is 3. The Bertz CT molecular complexity index is 1750. The molecule has 210 valence electrons. The molecule has 0 saturated carbocycles. The normalized spacial score (nSPS) is 16.0.